The maximum absolute atomic E-state index is 4.64. The molecule has 128 valence electrons. The first-order valence-electron chi connectivity index (χ1n) is 7.67. The summed E-state index contributed by atoms with van der Waals surface area (Å²) in [5, 5.41) is 16.4. The van der Waals surface area contributed by atoms with Crippen molar-refractivity contribution in [2.45, 2.75) is 39.8 Å². The van der Waals surface area contributed by atoms with Crippen molar-refractivity contribution in [2.75, 3.05) is 13.1 Å². The lowest BCUT2D eigenvalue weighted by Gasteiger charge is -2.11. The van der Waals surface area contributed by atoms with Crippen molar-refractivity contribution in [2.24, 2.45) is 4.99 Å². The zero-order valence-electron chi connectivity index (χ0n) is 13.7. The van der Waals surface area contributed by atoms with Crippen molar-refractivity contribution in [1.82, 2.24) is 25.4 Å². The van der Waals surface area contributed by atoms with Gasteiger partial charge >= 0.3 is 0 Å². The minimum atomic E-state index is 0. The third-order valence-corrected chi connectivity index (χ3v) is 4.30. The topological polar surface area (TPSA) is 67.1 Å². The third-order valence-electron chi connectivity index (χ3n) is 3.30. The van der Waals surface area contributed by atoms with E-state index in [1.54, 1.807) is 24.0 Å². The molecule has 0 fully saturated rings. The molecule has 0 aliphatic rings. The van der Waals surface area contributed by atoms with Crippen LogP contribution in [0.5, 0.6) is 0 Å². The average molecular weight is 448 g/mol. The maximum atomic E-state index is 4.64. The van der Waals surface area contributed by atoms with Crippen molar-refractivity contribution in [3.05, 3.63) is 34.5 Å². The van der Waals surface area contributed by atoms with Gasteiger partial charge in [-0.1, -0.05) is 0 Å². The summed E-state index contributed by atoms with van der Waals surface area (Å²) in [6.07, 6.45) is 5.68. The van der Waals surface area contributed by atoms with Crippen LogP contribution < -0.4 is 10.6 Å². The van der Waals surface area contributed by atoms with Crippen LogP contribution in [0.2, 0.25) is 0 Å². The molecule has 0 atom stereocenters. The molecule has 0 aliphatic carbocycles. The van der Waals surface area contributed by atoms with E-state index in [1.165, 1.54) is 10.4 Å². The van der Waals surface area contributed by atoms with Crippen LogP contribution in [-0.4, -0.2) is 33.8 Å². The second kappa shape index (κ2) is 11.4. The van der Waals surface area contributed by atoms with Crippen molar-refractivity contribution in [3.63, 3.8) is 0 Å². The van der Waals surface area contributed by atoms with Crippen LogP contribution in [-0.2, 0) is 13.1 Å². The van der Waals surface area contributed by atoms with Gasteiger partial charge in [-0.25, -0.2) is 4.99 Å². The number of nitrogens with one attached hydrogen (secondary N) is 2. The van der Waals surface area contributed by atoms with Gasteiger partial charge in [0.25, 0.3) is 0 Å². The van der Waals surface area contributed by atoms with Gasteiger partial charge in [0.05, 0.1) is 6.54 Å². The number of rotatable bonds is 8. The first-order valence-corrected chi connectivity index (χ1v) is 8.55. The fourth-order valence-electron chi connectivity index (χ4n) is 2.02. The number of halogens is 1. The SMILES string of the molecule is CCNC(=NCc1sccc1C)NCCCCn1cnnc1.I. The van der Waals surface area contributed by atoms with E-state index in [4.69, 9.17) is 0 Å². The Morgan fingerprint density at radius 3 is 2.70 bits per heavy atom. The summed E-state index contributed by atoms with van der Waals surface area (Å²) >= 11 is 1.76. The number of unbranched alkanes of at least 4 members (excludes halogenated alkanes) is 1. The minimum Gasteiger partial charge on any atom is -0.357 e. The summed E-state index contributed by atoms with van der Waals surface area (Å²) in [6, 6.07) is 2.14. The van der Waals surface area contributed by atoms with E-state index >= 15 is 0 Å². The summed E-state index contributed by atoms with van der Waals surface area (Å²) in [4.78, 5) is 5.97. The molecule has 2 heterocycles. The van der Waals surface area contributed by atoms with Gasteiger partial charge in [-0.05, 0) is 43.7 Å². The van der Waals surface area contributed by atoms with Crippen LogP contribution in [0, 0.1) is 6.92 Å². The summed E-state index contributed by atoms with van der Waals surface area (Å²) in [7, 11) is 0. The maximum Gasteiger partial charge on any atom is 0.191 e. The Bertz CT molecular complexity index is 566. The van der Waals surface area contributed by atoms with Crippen LogP contribution in [0.25, 0.3) is 0 Å². The van der Waals surface area contributed by atoms with Gasteiger partial charge in [-0.15, -0.1) is 45.5 Å². The molecule has 0 aromatic carbocycles. The standard InChI is InChI=1S/C15H24N6S.HI/c1-3-16-15(18-10-14-13(2)6-9-22-14)17-7-4-5-8-21-11-19-20-12-21;/h6,9,11-12H,3-5,7-8,10H2,1-2H3,(H2,16,17,18);1H. The van der Waals surface area contributed by atoms with Crippen molar-refractivity contribution < 1.29 is 0 Å². The summed E-state index contributed by atoms with van der Waals surface area (Å²) in [6.45, 7) is 7.69. The van der Waals surface area contributed by atoms with Crippen LogP contribution in [0.4, 0.5) is 0 Å². The van der Waals surface area contributed by atoms with E-state index in [0.717, 1.165) is 45.0 Å². The second-order valence-electron chi connectivity index (χ2n) is 5.06. The Morgan fingerprint density at radius 1 is 1.26 bits per heavy atom. The van der Waals surface area contributed by atoms with E-state index in [-0.39, 0.29) is 24.0 Å². The zero-order valence-corrected chi connectivity index (χ0v) is 16.8. The molecule has 0 amide bonds. The Kier molecular flexibility index (Phi) is 9.85. The van der Waals surface area contributed by atoms with Crippen LogP contribution in [0.3, 0.4) is 0 Å². The van der Waals surface area contributed by atoms with E-state index in [0.29, 0.717) is 0 Å². The first kappa shape index (κ1) is 19.9. The van der Waals surface area contributed by atoms with Crippen LogP contribution in [0.1, 0.15) is 30.2 Å². The average Bonchev–Trinajstić information content (AvgIpc) is 3.16. The lowest BCUT2D eigenvalue weighted by atomic mass is 10.3. The summed E-state index contributed by atoms with van der Waals surface area (Å²) < 4.78 is 2.00. The van der Waals surface area contributed by atoms with Crippen LogP contribution in [0.15, 0.2) is 29.1 Å². The van der Waals surface area contributed by atoms with Crippen LogP contribution >= 0.6 is 35.3 Å². The molecule has 23 heavy (non-hydrogen) atoms. The van der Waals surface area contributed by atoms with Gasteiger partial charge in [0, 0.05) is 24.5 Å². The molecular weight excluding hydrogens is 423 g/mol. The zero-order chi connectivity index (χ0) is 15.6. The number of aliphatic imine (C=N–C) groups is 1. The van der Waals surface area contributed by atoms with Gasteiger partial charge in [-0.2, -0.15) is 0 Å². The molecule has 6 nitrogen and oxygen atoms in total. The number of nitrogens with zero attached hydrogens (tertiary/aromatic N) is 4. The van der Waals surface area contributed by atoms with Gasteiger partial charge in [0.15, 0.2) is 5.96 Å². The number of hydrogen-bond donors (Lipinski definition) is 2. The lowest BCUT2D eigenvalue weighted by Crippen LogP contribution is -2.37. The molecule has 0 spiro atoms. The molecule has 2 rings (SSSR count). The normalized spacial score (nSPS) is 11.1. The van der Waals surface area contributed by atoms with E-state index in [2.05, 4.69) is 51.1 Å². The number of aromatic nitrogens is 3. The summed E-state index contributed by atoms with van der Waals surface area (Å²) in [5.41, 5.74) is 1.32. The van der Waals surface area contributed by atoms with E-state index in [1.807, 2.05) is 4.57 Å². The van der Waals surface area contributed by atoms with E-state index < -0.39 is 0 Å². The molecule has 2 N–H and O–H groups in total. The number of hydrogen-bond acceptors (Lipinski definition) is 4. The monoisotopic (exact) mass is 448 g/mol. The molecule has 0 radical (unpaired) electrons. The van der Waals surface area contributed by atoms with Gasteiger partial charge in [-0.3, -0.25) is 0 Å². The molecule has 2 aromatic heterocycles. The van der Waals surface area contributed by atoms with Gasteiger partial charge < -0.3 is 15.2 Å². The Labute approximate surface area is 158 Å². The highest BCUT2D eigenvalue weighted by atomic mass is 127. The third kappa shape index (κ3) is 7.30. The number of guanidine groups is 1. The molecule has 8 heteroatoms. The molecule has 0 unspecified atom stereocenters. The molecule has 2 aromatic rings. The highest BCUT2D eigenvalue weighted by Gasteiger charge is 2.01. The number of aryl methyl sites for hydroxylation is 2. The predicted octanol–water partition coefficient (Wildman–Crippen LogP) is 2.80. The van der Waals surface area contributed by atoms with Gasteiger partial charge in [0.2, 0.25) is 0 Å². The Morgan fingerprint density at radius 2 is 2.04 bits per heavy atom. The molecule has 0 aliphatic heterocycles. The fourth-order valence-corrected chi connectivity index (χ4v) is 2.85. The minimum absolute atomic E-state index is 0. The Balaban J connectivity index is 0.00000264. The highest BCUT2D eigenvalue weighted by Crippen LogP contribution is 2.16. The quantitative estimate of drug-likeness (QED) is 0.282. The fraction of sp³-hybridized carbons (Fsp3) is 0.533. The number of thiophene rings is 1. The molecule has 0 bridgehead atoms. The predicted molar refractivity (Wildman–Crippen MR) is 107 cm³/mol. The molecule has 0 saturated carbocycles. The van der Waals surface area contributed by atoms with Crippen molar-refractivity contribution >= 4 is 41.3 Å². The highest BCUT2D eigenvalue weighted by molar-refractivity contribution is 14.0. The molecule has 0 saturated heterocycles. The largest absolute Gasteiger partial charge is 0.357 e. The van der Waals surface area contributed by atoms with Gasteiger partial charge in [0.1, 0.15) is 12.7 Å². The summed E-state index contributed by atoms with van der Waals surface area (Å²) in [5.74, 6) is 0.889. The van der Waals surface area contributed by atoms with Crippen molar-refractivity contribution in [1.29, 1.82) is 0 Å². The van der Waals surface area contributed by atoms with E-state index in [9.17, 15) is 0 Å². The van der Waals surface area contributed by atoms with Crippen molar-refractivity contribution in [3.8, 4) is 0 Å². The molecular formula is C15H25IN6S. The first-order chi connectivity index (χ1) is 10.8. The second-order valence-corrected chi connectivity index (χ2v) is 6.06. The lowest BCUT2D eigenvalue weighted by molar-refractivity contribution is 0.598. The Hall–Kier alpha value is -1.16. The smallest absolute Gasteiger partial charge is 0.191 e.